The third kappa shape index (κ3) is 3.51. The summed E-state index contributed by atoms with van der Waals surface area (Å²) < 4.78 is 5.68. The highest BCUT2D eigenvalue weighted by Gasteiger charge is 2.20. The minimum absolute atomic E-state index is 0.441. The Kier molecular flexibility index (Phi) is 4.51. The summed E-state index contributed by atoms with van der Waals surface area (Å²) in [6, 6.07) is 2.66. The summed E-state index contributed by atoms with van der Waals surface area (Å²) in [5.74, 6) is 0. The summed E-state index contributed by atoms with van der Waals surface area (Å²) in [6.45, 7) is 6.14. The lowest BCUT2D eigenvalue weighted by molar-refractivity contribution is -0.000327. The fraction of sp³-hybridized carbons (Fsp3) is 0.643. The zero-order valence-corrected chi connectivity index (χ0v) is 10.8. The van der Waals surface area contributed by atoms with Gasteiger partial charge in [-0.15, -0.1) is 0 Å². The number of ether oxygens (including phenoxy) is 1. The van der Waals surface area contributed by atoms with Gasteiger partial charge < -0.3 is 10.1 Å². The number of rotatable bonds is 4. The number of aromatic nitrogens is 1. The maximum absolute atomic E-state index is 5.68. The standard InChI is InChI=1S/C14H22N2O/c1-3-14-8-13(5-7-17-14)16-10-12-9-15-6-4-11(12)2/h4,6,9,13-14,16H,3,5,7-8,10H2,1-2H3. The Labute approximate surface area is 104 Å². The van der Waals surface area contributed by atoms with E-state index in [0.29, 0.717) is 12.1 Å². The smallest absolute Gasteiger partial charge is 0.0587 e. The van der Waals surface area contributed by atoms with Crippen LogP contribution < -0.4 is 5.32 Å². The van der Waals surface area contributed by atoms with Crippen LogP contribution in [0.15, 0.2) is 18.5 Å². The first-order chi connectivity index (χ1) is 8.29. The molecule has 2 atom stereocenters. The highest BCUT2D eigenvalue weighted by Crippen LogP contribution is 2.17. The van der Waals surface area contributed by atoms with Gasteiger partial charge in [0.15, 0.2) is 0 Å². The molecule has 1 aromatic heterocycles. The van der Waals surface area contributed by atoms with Crippen molar-refractivity contribution in [3.63, 3.8) is 0 Å². The molecule has 1 aliphatic heterocycles. The van der Waals surface area contributed by atoms with Crippen LogP contribution in [0.1, 0.15) is 37.3 Å². The maximum atomic E-state index is 5.68. The van der Waals surface area contributed by atoms with E-state index in [1.54, 1.807) is 0 Å². The van der Waals surface area contributed by atoms with Crippen molar-refractivity contribution in [2.45, 2.75) is 51.8 Å². The minimum atomic E-state index is 0.441. The van der Waals surface area contributed by atoms with Crippen molar-refractivity contribution < 1.29 is 4.74 Å². The van der Waals surface area contributed by atoms with Crippen LogP contribution in [0.5, 0.6) is 0 Å². The van der Waals surface area contributed by atoms with E-state index in [2.05, 4.69) is 30.2 Å². The lowest BCUT2D eigenvalue weighted by Crippen LogP contribution is -2.38. The minimum Gasteiger partial charge on any atom is -0.378 e. The summed E-state index contributed by atoms with van der Waals surface area (Å²) in [4.78, 5) is 4.18. The molecule has 1 saturated heterocycles. The molecule has 17 heavy (non-hydrogen) atoms. The predicted molar refractivity (Wildman–Crippen MR) is 68.9 cm³/mol. The molecule has 0 spiro atoms. The average Bonchev–Trinajstić information content (AvgIpc) is 2.38. The molecule has 0 aliphatic carbocycles. The van der Waals surface area contributed by atoms with E-state index in [0.717, 1.165) is 32.4 Å². The fourth-order valence-corrected chi connectivity index (χ4v) is 2.29. The van der Waals surface area contributed by atoms with E-state index in [4.69, 9.17) is 4.74 Å². The Balaban J connectivity index is 1.84. The Morgan fingerprint density at radius 1 is 1.53 bits per heavy atom. The second-order valence-corrected chi connectivity index (χ2v) is 4.81. The summed E-state index contributed by atoms with van der Waals surface area (Å²) in [5.41, 5.74) is 2.61. The highest BCUT2D eigenvalue weighted by atomic mass is 16.5. The molecule has 94 valence electrons. The Morgan fingerprint density at radius 3 is 3.18 bits per heavy atom. The molecule has 3 nitrogen and oxygen atoms in total. The first kappa shape index (κ1) is 12.5. The van der Waals surface area contributed by atoms with E-state index >= 15 is 0 Å². The molecule has 1 N–H and O–H groups in total. The molecular weight excluding hydrogens is 212 g/mol. The molecule has 0 amide bonds. The van der Waals surface area contributed by atoms with Crippen molar-refractivity contribution in [2.24, 2.45) is 0 Å². The normalized spacial score (nSPS) is 24.8. The summed E-state index contributed by atoms with van der Waals surface area (Å²) >= 11 is 0. The van der Waals surface area contributed by atoms with Crippen molar-refractivity contribution in [2.75, 3.05) is 6.61 Å². The molecule has 1 fully saturated rings. The van der Waals surface area contributed by atoms with Gasteiger partial charge in [0.05, 0.1) is 6.10 Å². The molecule has 0 saturated carbocycles. The van der Waals surface area contributed by atoms with Gasteiger partial charge in [-0.2, -0.15) is 0 Å². The van der Waals surface area contributed by atoms with Gasteiger partial charge in [0.1, 0.15) is 0 Å². The zero-order valence-electron chi connectivity index (χ0n) is 10.8. The molecule has 0 radical (unpaired) electrons. The predicted octanol–water partition coefficient (Wildman–Crippen LogP) is 2.44. The zero-order chi connectivity index (χ0) is 12.1. The maximum Gasteiger partial charge on any atom is 0.0587 e. The Hall–Kier alpha value is -0.930. The van der Waals surface area contributed by atoms with Gasteiger partial charge in [-0.25, -0.2) is 0 Å². The Bertz CT molecular complexity index is 354. The monoisotopic (exact) mass is 234 g/mol. The molecule has 2 rings (SSSR count). The van der Waals surface area contributed by atoms with Crippen LogP contribution in [-0.2, 0) is 11.3 Å². The highest BCUT2D eigenvalue weighted by molar-refractivity contribution is 5.21. The van der Waals surface area contributed by atoms with Gasteiger partial charge in [-0.05, 0) is 43.4 Å². The van der Waals surface area contributed by atoms with Crippen LogP contribution in [-0.4, -0.2) is 23.7 Å². The Morgan fingerprint density at radius 2 is 2.41 bits per heavy atom. The van der Waals surface area contributed by atoms with Crippen LogP contribution in [0.3, 0.4) is 0 Å². The van der Waals surface area contributed by atoms with Crippen molar-refractivity contribution in [3.8, 4) is 0 Å². The van der Waals surface area contributed by atoms with E-state index in [1.807, 2.05) is 12.4 Å². The number of hydrogen-bond donors (Lipinski definition) is 1. The average molecular weight is 234 g/mol. The van der Waals surface area contributed by atoms with Crippen molar-refractivity contribution in [3.05, 3.63) is 29.6 Å². The van der Waals surface area contributed by atoms with Crippen molar-refractivity contribution in [1.29, 1.82) is 0 Å². The topological polar surface area (TPSA) is 34.2 Å². The quantitative estimate of drug-likeness (QED) is 0.869. The summed E-state index contributed by atoms with van der Waals surface area (Å²) in [6.07, 6.45) is 7.62. The molecular formula is C14H22N2O. The number of pyridine rings is 1. The van der Waals surface area contributed by atoms with Crippen LogP contribution in [0, 0.1) is 6.92 Å². The second-order valence-electron chi connectivity index (χ2n) is 4.81. The number of nitrogens with one attached hydrogen (secondary N) is 1. The molecule has 1 aliphatic rings. The van der Waals surface area contributed by atoms with Gasteiger partial charge in [0, 0.05) is 31.6 Å². The van der Waals surface area contributed by atoms with Gasteiger partial charge in [0.25, 0.3) is 0 Å². The summed E-state index contributed by atoms with van der Waals surface area (Å²) in [7, 11) is 0. The first-order valence-corrected chi connectivity index (χ1v) is 6.54. The first-order valence-electron chi connectivity index (χ1n) is 6.54. The lowest BCUT2D eigenvalue weighted by Gasteiger charge is -2.29. The van der Waals surface area contributed by atoms with Crippen molar-refractivity contribution >= 4 is 0 Å². The number of hydrogen-bond acceptors (Lipinski definition) is 3. The third-order valence-electron chi connectivity index (χ3n) is 3.55. The third-order valence-corrected chi connectivity index (χ3v) is 3.55. The lowest BCUT2D eigenvalue weighted by atomic mass is 10.0. The molecule has 0 aromatic carbocycles. The van der Waals surface area contributed by atoms with E-state index in [-0.39, 0.29) is 0 Å². The fourth-order valence-electron chi connectivity index (χ4n) is 2.29. The summed E-state index contributed by atoms with van der Waals surface area (Å²) in [5, 5.41) is 3.62. The van der Waals surface area contributed by atoms with Gasteiger partial charge in [-0.1, -0.05) is 6.92 Å². The van der Waals surface area contributed by atoms with Crippen LogP contribution in [0.2, 0.25) is 0 Å². The number of nitrogens with zero attached hydrogens (tertiary/aromatic N) is 1. The van der Waals surface area contributed by atoms with Gasteiger partial charge >= 0.3 is 0 Å². The molecule has 0 bridgehead atoms. The molecule has 1 aromatic rings. The SMILES string of the molecule is CCC1CC(NCc2cnccc2C)CCO1. The molecule has 2 unspecified atom stereocenters. The van der Waals surface area contributed by atoms with E-state index in [9.17, 15) is 0 Å². The van der Waals surface area contributed by atoms with Gasteiger partial charge in [0.2, 0.25) is 0 Å². The second kappa shape index (κ2) is 6.12. The van der Waals surface area contributed by atoms with Crippen LogP contribution in [0.25, 0.3) is 0 Å². The van der Waals surface area contributed by atoms with Gasteiger partial charge in [-0.3, -0.25) is 4.98 Å². The number of aryl methyl sites for hydroxylation is 1. The van der Waals surface area contributed by atoms with Crippen LogP contribution in [0.4, 0.5) is 0 Å². The van der Waals surface area contributed by atoms with Crippen LogP contribution >= 0.6 is 0 Å². The van der Waals surface area contributed by atoms with Crippen molar-refractivity contribution in [1.82, 2.24) is 10.3 Å². The molecule has 3 heteroatoms. The largest absolute Gasteiger partial charge is 0.378 e. The molecule has 2 heterocycles. The van der Waals surface area contributed by atoms with E-state index in [1.165, 1.54) is 11.1 Å². The van der Waals surface area contributed by atoms with E-state index < -0.39 is 0 Å².